The minimum Gasteiger partial charge on any atom is -0.361 e. The average Bonchev–Trinajstić information content (AvgIpc) is 3.03. The molecule has 0 saturated carbocycles. The molecular formula is C16H19FN2O3S. The first kappa shape index (κ1) is 16.0. The second-order valence-corrected chi connectivity index (χ2v) is 8.15. The first-order valence-corrected chi connectivity index (χ1v) is 9.47. The third kappa shape index (κ3) is 3.24. The largest absolute Gasteiger partial charge is 0.361 e. The number of amides is 1. The van der Waals surface area contributed by atoms with Crippen LogP contribution in [0.4, 0.5) is 4.39 Å². The predicted molar refractivity (Wildman–Crippen MR) is 86.4 cm³/mol. The van der Waals surface area contributed by atoms with Gasteiger partial charge in [0.05, 0.1) is 17.9 Å². The van der Waals surface area contributed by atoms with Gasteiger partial charge in [0, 0.05) is 29.7 Å². The van der Waals surface area contributed by atoms with E-state index >= 15 is 0 Å². The number of halogens is 1. The summed E-state index contributed by atoms with van der Waals surface area (Å²) in [5.41, 5.74) is 1.45. The molecule has 1 atom stereocenters. The molecule has 0 aliphatic carbocycles. The Morgan fingerprint density at radius 2 is 2.22 bits per heavy atom. The minimum atomic E-state index is -3.03. The zero-order valence-corrected chi connectivity index (χ0v) is 13.7. The van der Waals surface area contributed by atoms with Crippen LogP contribution in [-0.2, 0) is 21.1 Å². The molecule has 124 valence electrons. The molecule has 1 aliphatic heterocycles. The van der Waals surface area contributed by atoms with Crippen molar-refractivity contribution in [2.24, 2.45) is 0 Å². The Kier molecular flexibility index (Phi) is 4.14. The Labute approximate surface area is 134 Å². The van der Waals surface area contributed by atoms with E-state index in [1.165, 1.54) is 12.1 Å². The Morgan fingerprint density at radius 3 is 2.87 bits per heavy atom. The molecule has 0 bridgehead atoms. The van der Waals surface area contributed by atoms with Crippen molar-refractivity contribution in [1.29, 1.82) is 0 Å². The lowest BCUT2D eigenvalue weighted by molar-refractivity contribution is -0.132. The zero-order valence-electron chi connectivity index (χ0n) is 12.9. The molecule has 1 amide bonds. The molecule has 1 aliphatic rings. The average molecular weight is 338 g/mol. The van der Waals surface area contributed by atoms with Gasteiger partial charge in [-0.1, -0.05) is 0 Å². The molecule has 23 heavy (non-hydrogen) atoms. The van der Waals surface area contributed by atoms with Crippen molar-refractivity contribution in [2.75, 3.05) is 18.1 Å². The maximum atomic E-state index is 13.2. The van der Waals surface area contributed by atoms with Gasteiger partial charge in [-0.05, 0) is 37.1 Å². The van der Waals surface area contributed by atoms with Gasteiger partial charge in [0.1, 0.15) is 5.82 Å². The van der Waals surface area contributed by atoms with E-state index in [4.69, 9.17) is 0 Å². The number of hydrogen-bond acceptors (Lipinski definition) is 3. The normalized spacial score (nSPS) is 20.0. The molecular weight excluding hydrogens is 319 g/mol. The van der Waals surface area contributed by atoms with Gasteiger partial charge in [-0.25, -0.2) is 12.8 Å². The van der Waals surface area contributed by atoms with E-state index in [9.17, 15) is 17.6 Å². The highest BCUT2D eigenvalue weighted by atomic mass is 32.2. The molecule has 1 fully saturated rings. The lowest BCUT2D eigenvalue weighted by atomic mass is 10.1. The Morgan fingerprint density at radius 1 is 1.43 bits per heavy atom. The SMILES string of the molecule is CCN(C(=O)Cc1c[nH]c2cc(F)ccc12)C1CCS(=O)(=O)C1. The third-order valence-corrected chi connectivity index (χ3v) is 6.13. The number of aromatic nitrogens is 1. The molecule has 1 aromatic carbocycles. The van der Waals surface area contributed by atoms with E-state index in [0.29, 0.717) is 18.5 Å². The highest BCUT2D eigenvalue weighted by Crippen LogP contribution is 2.22. The smallest absolute Gasteiger partial charge is 0.227 e. The maximum absolute atomic E-state index is 13.2. The van der Waals surface area contributed by atoms with Crippen molar-refractivity contribution in [3.8, 4) is 0 Å². The number of carbonyl (C=O) groups is 1. The number of fused-ring (bicyclic) bond motifs is 1. The van der Waals surface area contributed by atoms with Crippen molar-refractivity contribution < 1.29 is 17.6 Å². The van der Waals surface area contributed by atoms with Gasteiger partial charge >= 0.3 is 0 Å². The van der Waals surface area contributed by atoms with Gasteiger partial charge in [-0.15, -0.1) is 0 Å². The van der Waals surface area contributed by atoms with E-state index < -0.39 is 9.84 Å². The van der Waals surface area contributed by atoms with E-state index in [0.717, 1.165) is 10.9 Å². The molecule has 5 nitrogen and oxygen atoms in total. The van der Waals surface area contributed by atoms with Gasteiger partial charge < -0.3 is 9.88 Å². The van der Waals surface area contributed by atoms with E-state index in [1.807, 2.05) is 6.92 Å². The van der Waals surface area contributed by atoms with Crippen LogP contribution in [0.3, 0.4) is 0 Å². The number of rotatable bonds is 4. The van der Waals surface area contributed by atoms with E-state index in [1.54, 1.807) is 17.2 Å². The standard InChI is InChI=1S/C16H19FN2O3S/c1-2-19(13-5-6-23(21,22)10-13)16(20)7-11-9-18-15-8-12(17)3-4-14(11)15/h3-4,8-9,13,18H,2,5-7,10H2,1H3. The number of aromatic amines is 1. The third-order valence-electron chi connectivity index (χ3n) is 4.38. The lowest BCUT2D eigenvalue weighted by Gasteiger charge is -2.26. The van der Waals surface area contributed by atoms with Crippen molar-refractivity contribution in [3.63, 3.8) is 0 Å². The molecule has 1 saturated heterocycles. The highest BCUT2D eigenvalue weighted by Gasteiger charge is 2.33. The Balaban J connectivity index is 1.79. The number of benzene rings is 1. The summed E-state index contributed by atoms with van der Waals surface area (Å²) in [7, 11) is -3.03. The lowest BCUT2D eigenvalue weighted by Crippen LogP contribution is -2.41. The number of nitrogens with zero attached hydrogens (tertiary/aromatic N) is 1. The molecule has 2 aromatic rings. The topological polar surface area (TPSA) is 70.2 Å². The first-order valence-electron chi connectivity index (χ1n) is 7.65. The summed E-state index contributed by atoms with van der Waals surface area (Å²) in [5.74, 6) is -0.233. The summed E-state index contributed by atoms with van der Waals surface area (Å²) in [5, 5.41) is 0.815. The second-order valence-electron chi connectivity index (χ2n) is 5.92. The van der Waals surface area contributed by atoms with Gasteiger partial charge in [0.25, 0.3) is 0 Å². The number of likely N-dealkylation sites (N-methyl/N-ethyl adjacent to an activating group) is 1. The van der Waals surface area contributed by atoms with Crippen molar-refractivity contribution in [1.82, 2.24) is 9.88 Å². The summed E-state index contributed by atoms with van der Waals surface area (Å²) in [6, 6.07) is 4.18. The second kappa shape index (κ2) is 5.96. The van der Waals surface area contributed by atoms with Gasteiger partial charge in [-0.2, -0.15) is 0 Å². The molecule has 1 aromatic heterocycles. The summed E-state index contributed by atoms with van der Waals surface area (Å²) in [6.45, 7) is 2.34. The van der Waals surface area contributed by atoms with Gasteiger partial charge in [-0.3, -0.25) is 4.79 Å². The van der Waals surface area contributed by atoms with Crippen LogP contribution >= 0.6 is 0 Å². The molecule has 3 rings (SSSR count). The van der Waals surface area contributed by atoms with Crippen molar-refractivity contribution in [3.05, 3.63) is 35.8 Å². The van der Waals surface area contributed by atoms with Crippen LogP contribution in [0.2, 0.25) is 0 Å². The Bertz CT molecular complexity index is 844. The van der Waals surface area contributed by atoms with Gasteiger partial charge in [0.15, 0.2) is 9.84 Å². The van der Waals surface area contributed by atoms with Crippen LogP contribution in [0, 0.1) is 5.82 Å². The van der Waals surface area contributed by atoms with Crippen LogP contribution in [0.15, 0.2) is 24.4 Å². The van der Waals surface area contributed by atoms with Crippen LogP contribution in [-0.4, -0.2) is 48.3 Å². The fourth-order valence-corrected chi connectivity index (χ4v) is 4.96. The molecule has 1 N–H and O–H groups in total. The number of H-pyrrole nitrogens is 1. The fraction of sp³-hybridized carbons (Fsp3) is 0.438. The van der Waals surface area contributed by atoms with Gasteiger partial charge in [0.2, 0.25) is 5.91 Å². The van der Waals surface area contributed by atoms with E-state index in [-0.39, 0.29) is 35.7 Å². The molecule has 0 radical (unpaired) electrons. The number of hydrogen-bond donors (Lipinski definition) is 1. The first-order chi connectivity index (χ1) is 10.9. The molecule has 0 spiro atoms. The summed E-state index contributed by atoms with van der Waals surface area (Å²) in [6.07, 6.45) is 2.39. The van der Waals surface area contributed by atoms with Crippen molar-refractivity contribution >= 4 is 26.6 Å². The number of nitrogens with one attached hydrogen (secondary N) is 1. The van der Waals surface area contributed by atoms with Crippen LogP contribution in [0.25, 0.3) is 10.9 Å². The monoisotopic (exact) mass is 338 g/mol. The van der Waals surface area contributed by atoms with Crippen LogP contribution in [0.5, 0.6) is 0 Å². The van der Waals surface area contributed by atoms with Crippen molar-refractivity contribution in [2.45, 2.75) is 25.8 Å². The molecule has 1 unspecified atom stereocenters. The van der Waals surface area contributed by atoms with Crippen LogP contribution < -0.4 is 0 Å². The minimum absolute atomic E-state index is 0.0473. The molecule has 2 heterocycles. The predicted octanol–water partition coefficient (Wildman–Crippen LogP) is 1.89. The number of sulfone groups is 1. The summed E-state index contributed by atoms with van der Waals surface area (Å²) < 4.78 is 36.5. The fourth-order valence-electron chi connectivity index (χ4n) is 3.23. The number of carbonyl (C=O) groups excluding carboxylic acids is 1. The highest BCUT2D eigenvalue weighted by molar-refractivity contribution is 7.91. The Hall–Kier alpha value is -1.89. The zero-order chi connectivity index (χ0) is 16.6. The quantitative estimate of drug-likeness (QED) is 0.925. The molecule has 7 heteroatoms. The van der Waals surface area contributed by atoms with Crippen LogP contribution in [0.1, 0.15) is 18.9 Å². The summed E-state index contributed by atoms with van der Waals surface area (Å²) in [4.78, 5) is 17.2. The summed E-state index contributed by atoms with van der Waals surface area (Å²) >= 11 is 0. The van der Waals surface area contributed by atoms with E-state index in [2.05, 4.69) is 4.98 Å². The maximum Gasteiger partial charge on any atom is 0.227 e.